The van der Waals surface area contributed by atoms with E-state index >= 15 is 0 Å². The lowest BCUT2D eigenvalue weighted by Gasteiger charge is -2.16. The number of aliphatic hydroxyl groups is 1. The van der Waals surface area contributed by atoms with Crippen LogP contribution in [-0.2, 0) is 13.1 Å². The Morgan fingerprint density at radius 2 is 2.41 bits per heavy atom. The van der Waals surface area contributed by atoms with Gasteiger partial charge in [-0.3, -0.25) is 4.90 Å². The summed E-state index contributed by atoms with van der Waals surface area (Å²) in [6.45, 7) is 6.86. The molecule has 4 nitrogen and oxygen atoms in total. The molecule has 1 fully saturated rings. The Balaban J connectivity index is 1.86. The predicted molar refractivity (Wildman–Crippen MR) is 67.6 cm³/mol. The topological polar surface area (TPSA) is 41.3 Å². The lowest BCUT2D eigenvalue weighted by atomic mass is 10.1. The second kappa shape index (κ2) is 6.17. The predicted octanol–water partition coefficient (Wildman–Crippen LogP) is 1.50. The summed E-state index contributed by atoms with van der Waals surface area (Å²) < 4.78 is 2.25. The van der Waals surface area contributed by atoms with Gasteiger partial charge in [0.25, 0.3) is 0 Å². The van der Waals surface area contributed by atoms with E-state index in [1.807, 2.05) is 12.5 Å². The summed E-state index contributed by atoms with van der Waals surface area (Å²) in [5.74, 6) is 0.683. The number of hydrogen-bond donors (Lipinski definition) is 1. The third kappa shape index (κ3) is 3.30. The lowest BCUT2D eigenvalue weighted by Crippen LogP contribution is -2.22. The number of imidazole rings is 1. The second-order valence-corrected chi connectivity index (χ2v) is 4.98. The molecule has 1 aromatic rings. The van der Waals surface area contributed by atoms with Gasteiger partial charge >= 0.3 is 0 Å². The highest BCUT2D eigenvalue weighted by atomic mass is 16.3. The third-order valence-electron chi connectivity index (χ3n) is 3.56. The smallest absolute Gasteiger partial charge is 0.0948 e. The fourth-order valence-electron chi connectivity index (χ4n) is 2.63. The summed E-state index contributed by atoms with van der Waals surface area (Å²) in [6.07, 6.45) is 7.23. The summed E-state index contributed by atoms with van der Waals surface area (Å²) in [7, 11) is 0. The minimum absolute atomic E-state index is 0.326. The van der Waals surface area contributed by atoms with Crippen molar-refractivity contribution in [1.82, 2.24) is 14.5 Å². The van der Waals surface area contributed by atoms with E-state index in [0.717, 1.165) is 39.0 Å². The molecule has 1 aromatic heterocycles. The fraction of sp³-hybridized carbons (Fsp3) is 0.769. The molecule has 4 heteroatoms. The van der Waals surface area contributed by atoms with Crippen molar-refractivity contribution < 1.29 is 5.11 Å². The van der Waals surface area contributed by atoms with Crippen LogP contribution in [0.25, 0.3) is 0 Å². The lowest BCUT2D eigenvalue weighted by molar-refractivity contribution is 0.248. The number of nitrogens with zero attached hydrogens (tertiary/aromatic N) is 3. The Kier molecular flexibility index (Phi) is 4.57. The van der Waals surface area contributed by atoms with Crippen LogP contribution in [0.3, 0.4) is 0 Å². The first-order valence-corrected chi connectivity index (χ1v) is 6.65. The van der Waals surface area contributed by atoms with Gasteiger partial charge in [0.1, 0.15) is 0 Å². The van der Waals surface area contributed by atoms with Crippen molar-refractivity contribution >= 4 is 0 Å². The summed E-state index contributed by atoms with van der Waals surface area (Å²) in [6, 6.07) is 0. The van der Waals surface area contributed by atoms with E-state index in [4.69, 9.17) is 5.11 Å². The van der Waals surface area contributed by atoms with Crippen LogP contribution in [0.5, 0.6) is 0 Å². The van der Waals surface area contributed by atoms with Crippen LogP contribution in [0.15, 0.2) is 12.5 Å². The van der Waals surface area contributed by atoms with Crippen LogP contribution >= 0.6 is 0 Å². The Morgan fingerprint density at radius 1 is 1.53 bits per heavy atom. The highest BCUT2D eigenvalue weighted by Gasteiger charge is 2.22. The van der Waals surface area contributed by atoms with Crippen LogP contribution < -0.4 is 0 Å². The molecule has 2 heterocycles. The van der Waals surface area contributed by atoms with Gasteiger partial charge in [-0.1, -0.05) is 6.92 Å². The quantitative estimate of drug-likeness (QED) is 0.815. The summed E-state index contributed by atoms with van der Waals surface area (Å²) in [4.78, 5) is 6.71. The fourth-order valence-corrected chi connectivity index (χ4v) is 2.63. The molecular weight excluding hydrogens is 214 g/mol. The first kappa shape index (κ1) is 12.6. The molecule has 17 heavy (non-hydrogen) atoms. The number of likely N-dealkylation sites (tertiary alicyclic amines) is 1. The zero-order chi connectivity index (χ0) is 12.1. The van der Waals surface area contributed by atoms with Crippen LogP contribution in [-0.4, -0.2) is 39.3 Å². The van der Waals surface area contributed by atoms with E-state index in [0.29, 0.717) is 12.5 Å². The average Bonchev–Trinajstić information content (AvgIpc) is 2.91. The first-order chi connectivity index (χ1) is 8.33. The zero-order valence-electron chi connectivity index (χ0n) is 10.7. The maximum Gasteiger partial charge on any atom is 0.0948 e. The van der Waals surface area contributed by atoms with Crippen molar-refractivity contribution in [2.75, 3.05) is 19.7 Å². The summed E-state index contributed by atoms with van der Waals surface area (Å²) in [5.41, 5.74) is 1.32. The maximum absolute atomic E-state index is 8.95. The Morgan fingerprint density at radius 3 is 3.18 bits per heavy atom. The van der Waals surface area contributed by atoms with Crippen LogP contribution in [0, 0.1) is 5.92 Å². The summed E-state index contributed by atoms with van der Waals surface area (Å²) in [5, 5.41) is 8.95. The minimum Gasteiger partial charge on any atom is -0.396 e. The molecular formula is C13H23N3O. The van der Waals surface area contributed by atoms with Crippen molar-refractivity contribution in [3.05, 3.63) is 18.2 Å². The van der Waals surface area contributed by atoms with Gasteiger partial charge in [0.15, 0.2) is 0 Å². The normalized spacial score (nSPS) is 21.2. The van der Waals surface area contributed by atoms with Crippen molar-refractivity contribution in [3.8, 4) is 0 Å². The van der Waals surface area contributed by atoms with E-state index < -0.39 is 0 Å². The first-order valence-electron chi connectivity index (χ1n) is 6.65. The summed E-state index contributed by atoms with van der Waals surface area (Å²) >= 11 is 0. The van der Waals surface area contributed by atoms with Gasteiger partial charge in [-0.25, -0.2) is 4.98 Å². The van der Waals surface area contributed by atoms with Gasteiger partial charge in [0, 0.05) is 32.4 Å². The van der Waals surface area contributed by atoms with Crippen molar-refractivity contribution in [2.24, 2.45) is 5.92 Å². The number of aryl methyl sites for hydroxylation is 1. The molecule has 1 N–H and O–H groups in total. The molecule has 1 aliphatic heterocycles. The molecule has 2 rings (SSSR count). The standard InChI is InChI=1S/C13H23N3O/c1-2-5-16-11-14-8-13(16)10-15-6-3-12(9-15)4-7-17/h8,11-12,17H,2-7,9-10H2,1H3. The van der Waals surface area contributed by atoms with Gasteiger partial charge in [-0.15, -0.1) is 0 Å². The van der Waals surface area contributed by atoms with Crippen LogP contribution in [0.2, 0.25) is 0 Å². The van der Waals surface area contributed by atoms with Crippen molar-refractivity contribution in [1.29, 1.82) is 0 Å². The highest BCUT2D eigenvalue weighted by molar-refractivity contribution is 4.99. The van der Waals surface area contributed by atoms with E-state index in [2.05, 4.69) is 21.4 Å². The molecule has 0 aliphatic carbocycles. The van der Waals surface area contributed by atoms with E-state index in [9.17, 15) is 0 Å². The molecule has 1 aliphatic rings. The van der Waals surface area contributed by atoms with Crippen molar-refractivity contribution in [2.45, 2.75) is 39.3 Å². The molecule has 0 spiro atoms. The molecule has 0 aromatic carbocycles. The molecule has 1 unspecified atom stereocenters. The van der Waals surface area contributed by atoms with Crippen LogP contribution in [0.1, 0.15) is 31.9 Å². The Labute approximate surface area is 103 Å². The molecule has 0 bridgehead atoms. The van der Waals surface area contributed by atoms with Gasteiger partial charge in [-0.2, -0.15) is 0 Å². The SMILES string of the molecule is CCCn1cncc1CN1CCC(CCO)C1. The highest BCUT2D eigenvalue weighted by Crippen LogP contribution is 2.21. The number of hydrogen-bond acceptors (Lipinski definition) is 3. The van der Waals surface area contributed by atoms with E-state index in [-0.39, 0.29) is 0 Å². The average molecular weight is 237 g/mol. The molecule has 0 radical (unpaired) electrons. The largest absolute Gasteiger partial charge is 0.396 e. The van der Waals surface area contributed by atoms with Gasteiger partial charge in [-0.05, 0) is 31.7 Å². The molecule has 96 valence electrons. The minimum atomic E-state index is 0.326. The molecule has 1 saturated heterocycles. The number of rotatable bonds is 6. The zero-order valence-corrected chi connectivity index (χ0v) is 10.7. The molecule has 0 saturated carbocycles. The van der Waals surface area contributed by atoms with E-state index in [1.165, 1.54) is 12.1 Å². The van der Waals surface area contributed by atoms with Crippen molar-refractivity contribution in [3.63, 3.8) is 0 Å². The maximum atomic E-state index is 8.95. The Bertz CT molecular complexity index is 337. The van der Waals surface area contributed by atoms with Gasteiger partial charge in [0.2, 0.25) is 0 Å². The monoisotopic (exact) mass is 237 g/mol. The van der Waals surface area contributed by atoms with Crippen LogP contribution in [0.4, 0.5) is 0 Å². The molecule has 0 amide bonds. The second-order valence-electron chi connectivity index (χ2n) is 4.98. The molecule has 1 atom stereocenters. The van der Waals surface area contributed by atoms with E-state index in [1.54, 1.807) is 0 Å². The Hall–Kier alpha value is -0.870. The number of aromatic nitrogens is 2. The third-order valence-corrected chi connectivity index (χ3v) is 3.56. The van der Waals surface area contributed by atoms with Gasteiger partial charge in [0.05, 0.1) is 12.0 Å². The number of aliphatic hydroxyl groups excluding tert-OH is 1. The van der Waals surface area contributed by atoms with Gasteiger partial charge < -0.3 is 9.67 Å².